The number of nitrogens with one attached hydrogen (secondary N) is 3. The van der Waals surface area contributed by atoms with Crippen LogP contribution in [0.3, 0.4) is 0 Å². The molecule has 2 amide bonds. The molecule has 1 aromatic heterocycles. The largest absolute Gasteiger partial charge is 0.484 e. The summed E-state index contributed by atoms with van der Waals surface area (Å²) in [6, 6.07) is 5.30. The molecule has 0 spiro atoms. The number of hydrogen-bond donors (Lipinski definition) is 3. The van der Waals surface area contributed by atoms with E-state index in [1.807, 2.05) is 6.92 Å². The molecular formula is C20H23ClN4O3. The third-order valence-corrected chi connectivity index (χ3v) is 6.07. The highest BCUT2D eigenvalue weighted by molar-refractivity contribution is 6.31. The van der Waals surface area contributed by atoms with Gasteiger partial charge >= 0.3 is 0 Å². The number of H-pyrrole nitrogens is 1. The van der Waals surface area contributed by atoms with Crippen molar-refractivity contribution in [2.45, 2.75) is 38.1 Å². The quantitative estimate of drug-likeness (QED) is 0.630. The highest BCUT2D eigenvalue weighted by atomic mass is 35.5. The average Bonchev–Trinajstić information content (AvgIpc) is 3.11. The molecule has 0 radical (unpaired) electrons. The molecule has 0 unspecified atom stereocenters. The van der Waals surface area contributed by atoms with Gasteiger partial charge in [-0.25, -0.2) is 4.98 Å². The zero-order chi connectivity index (χ0) is 19.8. The van der Waals surface area contributed by atoms with Gasteiger partial charge in [0.2, 0.25) is 5.91 Å². The summed E-state index contributed by atoms with van der Waals surface area (Å²) in [5.74, 6) is 0.527. The molecule has 28 heavy (non-hydrogen) atoms. The fourth-order valence-corrected chi connectivity index (χ4v) is 4.39. The van der Waals surface area contributed by atoms with E-state index in [2.05, 4.69) is 20.6 Å². The van der Waals surface area contributed by atoms with Crippen LogP contribution in [0.5, 0.6) is 5.75 Å². The molecule has 3 fully saturated rings. The number of benzene rings is 1. The molecule has 8 heteroatoms. The molecule has 0 aliphatic heterocycles. The topological polar surface area (TPSA) is 96.1 Å². The summed E-state index contributed by atoms with van der Waals surface area (Å²) in [5, 5.41) is 6.69. The summed E-state index contributed by atoms with van der Waals surface area (Å²) < 4.78 is 5.54. The van der Waals surface area contributed by atoms with Gasteiger partial charge in [-0.2, -0.15) is 0 Å². The summed E-state index contributed by atoms with van der Waals surface area (Å²) in [6.45, 7) is 2.42. The van der Waals surface area contributed by atoms with Crippen molar-refractivity contribution in [3.05, 3.63) is 47.0 Å². The molecule has 148 valence electrons. The first-order chi connectivity index (χ1) is 13.4. The molecule has 2 aromatic rings. The van der Waals surface area contributed by atoms with E-state index >= 15 is 0 Å². The minimum Gasteiger partial charge on any atom is -0.484 e. The normalized spacial score (nSPS) is 24.6. The Balaban J connectivity index is 1.18. The second-order valence-electron chi connectivity index (χ2n) is 7.92. The highest BCUT2D eigenvalue weighted by Gasteiger charge is 2.72. The first-order valence-corrected chi connectivity index (χ1v) is 9.73. The number of ether oxygens (including phenoxy) is 1. The molecule has 5 rings (SSSR count). The zero-order valence-corrected chi connectivity index (χ0v) is 16.4. The predicted molar refractivity (Wildman–Crippen MR) is 104 cm³/mol. The van der Waals surface area contributed by atoms with Crippen LogP contribution < -0.4 is 15.4 Å². The molecule has 0 atom stereocenters. The fourth-order valence-electron chi connectivity index (χ4n) is 4.27. The Bertz CT molecular complexity index is 877. The number of aromatic amines is 1. The summed E-state index contributed by atoms with van der Waals surface area (Å²) in [7, 11) is 0. The van der Waals surface area contributed by atoms with E-state index in [4.69, 9.17) is 16.3 Å². The van der Waals surface area contributed by atoms with Crippen LogP contribution in [0.2, 0.25) is 5.02 Å². The van der Waals surface area contributed by atoms with E-state index < -0.39 is 0 Å². The Kier molecular flexibility index (Phi) is 4.79. The summed E-state index contributed by atoms with van der Waals surface area (Å²) in [5.41, 5.74) is 1.35. The molecule has 0 saturated heterocycles. The number of aromatic nitrogens is 2. The minimum atomic E-state index is -0.310. The summed E-state index contributed by atoms with van der Waals surface area (Å²) >= 11 is 5.99. The molecule has 1 aromatic carbocycles. The maximum absolute atomic E-state index is 12.4. The standard InChI is InChI=1S/C20H23ClN4O3/c1-13-6-15(2-3-16(13)21)28-8-17(26)25-20-9-19(10-20,11-20)18(27)23-5-4-14-7-22-12-24-14/h2-3,6-7,12H,4-5,8-11H2,1H3,(H,22,24)(H,23,27)(H,25,26). The van der Waals surface area contributed by atoms with E-state index in [-0.39, 0.29) is 29.4 Å². The van der Waals surface area contributed by atoms with Gasteiger partial charge < -0.3 is 20.4 Å². The van der Waals surface area contributed by atoms with E-state index in [1.165, 1.54) is 0 Å². The van der Waals surface area contributed by atoms with Crippen molar-refractivity contribution in [2.75, 3.05) is 13.2 Å². The first kappa shape index (κ1) is 18.8. The summed E-state index contributed by atoms with van der Waals surface area (Å²) in [6.07, 6.45) is 6.20. The lowest BCUT2D eigenvalue weighted by Gasteiger charge is -2.69. The number of rotatable bonds is 8. The molecule has 3 N–H and O–H groups in total. The van der Waals surface area contributed by atoms with Gasteiger partial charge in [0, 0.05) is 35.4 Å². The Hall–Kier alpha value is -2.54. The number of aryl methyl sites for hydroxylation is 1. The number of carbonyl (C=O) groups is 2. The van der Waals surface area contributed by atoms with Crippen molar-refractivity contribution < 1.29 is 14.3 Å². The minimum absolute atomic E-state index is 0.0494. The lowest BCUT2D eigenvalue weighted by Crippen LogP contribution is -2.78. The maximum Gasteiger partial charge on any atom is 0.258 e. The van der Waals surface area contributed by atoms with Crippen LogP contribution in [0.1, 0.15) is 30.5 Å². The van der Waals surface area contributed by atoms with Crippen molar-refractivity contribution >= 4 is 23.4 Å². The Morgan fingerprint density at radius 3 is 2.79 bits per heavy atom. The molecule has 3 aliphatic carbocycles. The lowest BCUT2D eigenvalue weighted by atomic mass is 9.39. The molecular weight excluding hydrogens is 380 g/mol. The van der Waals surface area contributed by atoms with Gasteiger partial charge in [-0.1, -0.05) is 11.6 Å². The van der Waals surface area contributed by atoms with Crippen molar-refractivity contribution in [3.8, 4) is 5.75 Å². The number of halogens is 1. The van der Waals surface area contributed by atoms with Crippen LogP contribution in [0.15, 0.2) is 30.7 Å². The number of imidazole rings is 1. The molecule has 3 aliphatic rings. The molecule has 7 nitrogen and oxygen atoms in total. The van der Waals surface area contributed by atoms with E-state index in [1.54, 1.807) is 30.7 Å². The highest BCUT2D eigenvalue weighted by Crippen LogP contribution is 2.67. The van der Waals surface area contributed by atoms with Crippen molar-refractivity contribution in [3.63, 3.8) is 0 Å². The molecule has 2 bridgehead atoms. The van der Waals surface area contributed by atoms with Crippen LogP contribution in [-0.4, -0.2) is 40.5 Å². The van der Waals surface area contributed by atoms with E-state index in [0.29, 0.717) is 36.6 Å². The van der Waals surface area contributed by atoms with Gasteiger partial charge in [0.15, 0.2) is 6.61 Å². The second kappa shape index (κ2) is 7.13. The van der Waals surface area contributed by atoms with Crippen LogP contribution in [0, 0.1) is 12.3 Å². The smallest absolute Gasteiger partial charge is 0.258 e. The number of amides is 2. The van der Waals surface area contributed by atoms with Gasteiger partial charge in [-0.3, -0.25) is 9.59 Å². The predicted octanol–water partition coefficient (Wildman–Crippen LogP) is 2.15. The van der Waals surface area contributed by atoms with Crippen LogP contribution in [-0.2, 0) is 16.0 Å². The number of nitrogens with zero attached hydrogens (tertiary/aromatic N) is 1. The van der Waals surface area contributed by atoms with Gasteiger partial charge in [-0.15, -0.1) is 0 Å². The van der Waals surface area contributed by atoms with Crippen molar-refractivity contribution in [1.29, 1.82) is 0 Å². The van der Waals surface area contributed by atoms with E-state index in [9.17, 15) is 9.59 Å². The SMILES string of the molecule is Cc1cc(OCC(=O)NC23CC(C(=O)NCCc4cnc[nH]4)(C2)C3)ccc1Cl. The van der Waals surface area contributed by atoms with Gasteiger partial charge in [0.1, 0.15) is 5.75 Å². The maximum atomic E-state index is 12.4. The average molecular weight is 403 g/mol. The Morgan fingerprint density at radius 2 is 2.11 bits per heavy atom. The first-order valence-electron chi connectivity index (χ1n) is 9.35. The second-order valence-corrected chi connectivity index (χ2v) is 8.33. The van der Waals surface area contributed by atoms with Gasteiger partial charge in [0.25, 0.3) is 5.91 Å². The zero-order valence-electron chi connectivity index (χ0n) is 15.7. The van der Waals surface area contributed by atoms with Crippen LogP contribution >= 0.6 is 11.6 Å². The van der Waals surface area contributed by atoms with Crippen LogP contribution in [0.25, 0.3) is 0 Å². The Morgan fingerprint density at radius 1 is 1.32 bits per heavy atom. The van der Waals surface area contributed by atoms with Crippen molar-refractivity contribution in [2.24, 2.45) is 5.41 Å². The lowest BCUT2D eigenvalue weighted by molar-refractivity contribution is -0.183. The van der Waals surface area contributed by atoms with Crippen molar-refractivity contribution in [1.82, 2.24) is 20.6 Å². The number of hydrogen-bond acceptors (Lipinski definition) is 4. The Labute approximate surface area is 168 Å². The van der Waals surface area contributed by atoms with Gasteiger partial charge in [-0.05, 0) is 49.9 Å². The monoisotopic (exact) mass is 402 g/mol. The summed E-state index contributed by atoms with van der Waals surface area (Å²) in [4.78, 5) is 31.6. The third kappa shape index (κ3) is 3.58. The fraction of sp³-hybridized carbons (Fsp3) is 0.450. The molecule has 3 saturated carbocycles. The number of carbonyl (C=O) groups excluding carboxylic acids is 2. The van der Waals surface area contributed by atoms with Gasteiger partial charge in [0.05, 0.1) is 11.7 Å². The van der Waals surface area contributed by atoms with Crippen LogP contribution in [0.4, 0.5) is 0 Å². The molecule has 1 heterocycles. The third-order valence-electron chi connectivity index (χ3n) is 5.65. The van der Waals surface area contributed by atoms with E-state index in [0.717, 1.165) is 17.7 Å².